The molecule has 2 aromatic carbocycles. The Morgan fingerprint density at radius 2 is 1.81 bits per heavy atom. The number of hydrogen-bond acceptors (Lipinski definition) is 4. The van der Waals surface area contributed by atoms with Gasteiger partial charge in [-0.05, 0) is 54.4 Å². The Morgan fingerprint density at radius 1 is 1.07 bits per heavy atom. The van der Waals surface area contributed by atoms with Crippen molar-refractivity contribution in [1.82, 2.24) is 4.90 Å². The lowest BCUT2D eigenvalue weighted by molar-refractivity contribution is 0.120. The average molecular weight is 373 g/mol. The second-order valence-electron chi connectivity index (χ2n) is 7.53. The molecule has 0 radical (unpaired) electrons. The number of phenolic OH excluding ortho intramolecular Hbond substituents is 1. The van der Waals surface area contributed by atoms with Crippen molar-refractivity contribution in [2.75, 3.05) is 26.2 Å². The van der Waals surface area contributed by atoms with Crippen LogP contribution in [0.3, 0.4) is 0 Å². The highest BCUT2D eigenvalue weighted by atomic mass is 19.1. The molecule has 1 heterocycles. The third-order valence-corrected chi connectivity index (χ3v) is 5.56. The van der Waals surface area contributed by atoms with Gasteiger partial charge in [0, 0.05) is 26.2 Å². The van der Waals surface area contributed by atoms with Crippen LogP contribution in [0.5, 0.6) is 5.75 Å². The molecule has 0 aromatic heterocycles. The van der Waals surface area contributed by atoms with E-state index in [1.807, 2.05) is 6.07 Å². The molecule has 1 saturated heterocycles. The van der Waals surface area contributed by atoms with E-state index in [2.05, 4.69) is 29.2 Å². The monoisotopic (exact) mass is 373 g/mol. The van der Waals surface area contributed by atoms with Gasteiger partial charge >= 0.3 is 0 Å². The summed E-state index contributed by atoms with van der Waals surface area (Å²) in [6.07, 6.45) is 2.33. The predicted octanol–water partition coefficient (Wildman–Crippen LogP) is 3.13. The molecule has 0 amide bonds. The number of nitrogens with zero attached hydrogens (tertiary/aromatic N) is 1. The molecular formula is C22H28FNO3. The van der Waals surface area contributed by atoms with E-state index in [-0.39, 0.29) is 12.5 Å². The molecule has 0 bridgehead atoms. The Morgan fingerprint density at radius 3 is 2.52 bits per heavy atom. The van der Waals surface area contributed by atoms with E-state index in [0.717, 1.165) is 32.4 Å². The maximum absolute atomic E-state index is 13.5. The minimum Gasteiger partial charge on any atom is -0.505 e. The van der Waals surface area contributed by atoms with Crippen LogP contribution in [0.2, 0.25) is 0 Å². The minimum absolute atomic E-state index is 0.149. The van der Waals surface area contributed by atoms with Gasteiger partial charge in [0.05, 0.1) is 6.10 Å². The van der Waals surface area contributed by atoms with Crippen molar-refractivity contribution >= 4 is 0 Å². The summed E-state index contributed by atoms with van der Waals surface area (Å²) in [7, 11) is 0. The molecule has 1 fully saturated rings. The number of β-amino-alcohol motifs (C(OH)–C–C–N with tert-alkyl or cyclic N) is 1. The SMILES string of the molecule is OC[C@H]1CN(C[C@@H](O)c2ccc(O)c(F)c2)C[C@H]1CCCc1ccccc1. The maximum Gasteiger partial charge on any atom is 0.165 e. The summed E-state index contributed by atoms with van der Waals surface area (Å²) >= 11 is 0. The lowest BCUT2D eigenvalue weighted by Crippen LogP contribution is -2.27. The molecule has 1 aliphatic rings. The number of aliphatic hydroxyl groups is 2. The number of aryl methyl sites for hydroxylation is 1. The van der Waals surface area contributed by atoms with E-state index in [4.69, 9.17) is 0 Å². The van der Waals surface area contributed by atoms with Gasteiger partial charge in [-0.3, -0.25) is 4.90 Å². The third-order valence-electron chi connectivity index (χ3n) is 5.56. The molecule has 146 valence electrons. The molecule has 0 unspecified atom stereocenters. The Bertz CT molecular complexity index is 725. The summed E-state index contributed by atoms with van der Waals surface area (Å²) in [4.78, 5) is 2.14. The Balaban J connectivity index is 1.51. The molecule has 3 N–H and O–H groups in total. The Kier molecular flexibility index (Phi) is 6.83. The fourth-order valence-corrected chi connectivity index (χ4v) is 4.01. The molecular weight excluding hydrogens is 345 g/mol. The first-order chi connectivity index (χ1) is 13.1. The van der Waals surface area contributed by atoms with Gasteiger partial charge in [-0.2, -0.15) is 0 Å². The van der Waals surface area contributed by atoms with Crippen molar-refractivity contribution in [3.8, 4) is 5.75 Å². The summed E-state index contributed by atoms with van der Waals surface area (Å²) < 4.78 is 13.5. The number of rotatable bonds is 8. The zero-order valence-electron chi connectivity index (χ0n) is 15.5. The largest absolute Gasteiger partial charge is 0.505 e. The van der Waals surface area contributed by atoms with Gasteiger partial charge in [0.25, 0.3) is 0 Å². The summed E-state index contributed by atoms with van der Waals surface area (Å²) in [6, 6.07) is 14.4. The van der Waals surface area contributed by atoms with Gasteiger partial charge < -0.3 is 15.3 Å². The van der Waals surface area contributed by atoms with E-state index in [1.165, 1.54) is 17.7 Å². The first-order valence-electron chi connectivity index (χ1n) is 9.60. The molecule has 27 heavy (non-hydrogen) atoms. The van der Waals surface area contributed by atoms with Crippen LogP contribution in [-0.2, 0) is 6.42 Å². The van der Waals surface area contributed by atoms with Crippen LogP contribution in [0.1, 0.15) is 30.1 Å². The number of hydrogen-bond donors (Lipinski definition) is 3. The van der Waals surface area contributed by atoms with E-state index < -0.39 is 17.7 Å². The summed E-state index contributed by atoms with van der Waals surface area (Å²) in [5.41, 5.74) is 1.79. The van der Waals surface area contributed by atoms with Crippen LogP contribution >= 0.6 is 0 Å². The molecule has 0 saturated carbocycles. The molecule has 1 aliphatic heterocycles. The van der Waals surface area contributed by atoms with Gasteiger partial charge in [0.1, 0.15) is 0 Å². The highest BCUT2D eigenvalue weighted by Crippen LogP contribution is 2.30. The molecule has 3 rings (SSSR count). The second kappa shape index (κ2) is 9.31. The Labute approximate surface area is 159 Å². The lowest BCUT2D eigenvalue weighted by Gasteiger charge is -2.20. The number of aromatic hydroxyl groups is 1. The van der Waals surface area contributed by atoms with Gasteiger partial charge in [-0.1, -0.05) is 36.4 Å². The van der Waals surface area contributed by atoms with Crippen LogP contribution in [0.15, 0.2) is 48.5 Å². The highest BCUT2D eigenvalue weighted by Gasteiger charge is 2.32. The van der Waals surface area contributed by atoms with Crippen LogP contribution in [0.25, 0.3) is 0 Å². The van der Waals surface area contributed by atoms with E-state index in [0.29, 0.717) is 18.0 Å². The zero-order valence-corrected chi connectivity index (χ0v) is 15.5. The molecule has 2 aromatic rings. The topological polar surface area (TPSA) is 63.9 Å². The van der Waals surface area contributed by atoms with Crippen LogP contribution < -0.4 is 0 Å². The summed E-state index contributed by atoms with van der Waals surface area (Å²) in [5.74, 6) is -0.516. The molecule has 5 heteroatoms. The number of phenols is 1. The van der Waals surface area contributed by atoms with Gasteiger partial charge in [0.15, 0.2) is 11.6 Å². The van der Waals surface area contributed by atoms with Crippen LogP contribution in [-0.4, -0.2) is 46.5 Å². The predicted molar refractivity (Wildman–Crippen MR) is 103 cm³/mol. The number of halogens is 1. The van der Waals surface area contributed by atoms with Gasteiger partial charge in [-0.15, -0.1) is 0 Å². The number of benzene rings is 2. The van der Waals surface area contributed by atoms with Crippen LogP contribution in [0.4, 0.5) is 4.39 Å². The maximum atomic E-state index is 13.5. The lowest BCUT2D eigenvalue weighted by atomic mass is 9.91. The standard InChI is InChI=1S/C22H28FNO3/c23-20-11-17(9-10-21(20)26)22(27)14-24-12-18(19(13-24)15-25)8-4-7-16-5-2-1-3-6-16/h1-3,5-6,9-11,18-19,22,25-27H,4,7-8,12-15H2/t18-,19-,22-/m1/s1. The van der Waals surface area contributed by atoms with E-state index in [9.17, 15) is 19.7 Å². The zero-order chi connectivity index (χ0) is 19.2. The average Bonchev–Trinajstić information content (AvgIpc) is 3.06. The van der Waals surface area contributed by atoms with Crippen molar-refractivity contribution in [3.05, 3.63) is 65.5 Å². The van der Waals surface area contributed by atoms with Gasteiger partial charge in [-0.25, -0.2) is 4.39 Å². The summed E-state index contributed by atoms with van der Waals surface area (Å²) in [6.45, 7) is 2.12. The second-order valence-corrected chi connectivity index (χ2v) is 7.53. The number of likely N-dealkylation sites (tertiary alicyclic amines) is 1. The van der Waals surface area contributed by atoms with Crippen molar-refractivity contribution in [1.29, 1.82) is 0 Å². The fraction of sp³-hybridized carbons (Fsp3) is 0.455. The first-order valence-corrected chi connectivity index (χ1v) is 9.60. The van der Waals surface area contributed by atoms with Crippen molar-refractivity contribution in [3.63, 3.8) is 0 Å². The highest BCUT2D eigenvalue weighted by molar-refractivity contribution is 5.29. The fourth-order valence-electron chi connectivity index (χ4n) is 4.01. The molecule has 0 aliphatic carbocycles. The van der Waals surface area contributed by atoms with Crippen molar-refractivity contribution < 1.29 is 19.7 Å². The molecule has 0 spiro atoms. The third kappa shape index (κ3) is 5.28. The number of aliphatic hydroxyl groups excluding tert-OH is 2. The first kappa shape index (κ1) is 19.8. The molecule has 4 nitrogen and oxygen atoms in total. The quantitative estimate of drug-likeness (QED) is 0.665. The summed E-state index contributed by atoms with van der Waals surface area (Å²) in [5, 5.41) is 29.4. The van der Waals surface area contributed by atoms with Crippen molar-refractivity contribution in [2.24, 2.45) is 11.8 Å². The van der Waals surface area contributed by atoms with Crippen LogP contribution in [0, 0.1) is 17.7 Å². The van der Waals surface area contributed by atoms with Gasteiger partial charge in [0.2, 0.25) is 0 Å². The van der Waals surface area contributed by atoms with E-state index >= 15 is 0 Å². The van der Waals surface area contributed by atoms with Crippen molar-refractivity contribution in [2.45, 2.75) is 25.4 Å². The minimum atomic E-state index is -0.817. The molecule has 3 atom stereocenters. The normalized spacial score (nSPS) is 21.4. The van der Waals surface area contributed by atoms with E-state index in [1.54, 1.807) is 6.07 Å². The smallest absolute Gasteiger partial charge is 0.165 e. The Hall–Kier alpha value is -1.95.